The first-order valence-corrected chi connectivity index (χ1v) is 11.2. The van der Waals surface area contributed by atoms with Crippen molar-refractivity contribution in [3.05, 3.63) is 50.9 Å². The third-order valence-electron chi connectivity index (χ3n) is 5.73. The highest BCUT2D eigenvalue weighted by molar-refractivity contribution is 7.16. The van der Waals surface area contributed by atoms with Crippen LogP contribution in [-0.4, -0.2) is 46.8 Å². The van der Waals surface area contributed by atoms with E-state index in [0.717, 1.165) is 54.2 Å². The largest absolute Gasteiger partial charge is 0.497 e. The first kappa shape index (κ1) is 20.8. The summed E-state index contributed by atoms with van der Waals surface area (Å²) in [7, 11) is 3.38. The minimum absolute atomic E-state index is 0.104. The third kappa shape index (κ3) is 4.82. The van der Waals surface area contributed by atoms with Crippen molar-refractivity contribution in [2.75, 3.05) is 27.3 Å². The molecule has 0 saturated carbocycles. The summed E-state index contributed by atoms with van der Waals surface area (Å²) in [5.74, 6) is 2.42. The Kier molecular flexibility index (Phi) is 6.34. The quantitative estimate of drug-likeness (QED) is 0.575. The number of ether oxygens (including phenoxy) is 2. The molecular formula is C22H28N4O3S. The van der Waals surface area contributed by atoms with Crippen molar-refractivity contribution in [2.45, 2.75) is 39.2 Å². The molecule has 1 aliphatic rings. The Labute approximate surface area is 180 Å². The van der Waals surface area contributed by atoms with E-state index < -0.39 is 0 Å². The first-order chi connectivity index (χ1) is 14.5. The number of benzene rings is 1. The topological polar surface area (TPSA) is 69.0 Å². The number of likely N-dealkylation sites (tertiary alicyclic amines) is 1. The van der Waals surface area contributed by atoms with Crippen LogP contribution in [0, 0.1) is 12.8 Å². The van der Waals surface area contributed by atoms with Gasteiger partial charge in [0.2, 0.25) is 4.96 Å². The van der Waals surface area contributed by atoms with E-state index in [4.69, 9.17) is 9.47 Å². The highest BCUT2D eigenvalue weighted by Gasteiger charge is 2.21. The fourth-order valence-electron chi connectivity index (χ4n) is 4.03. The van der Waals surface area contributed by atoms with Gasteiger partial charge in [0.1, 0.15) is 16.5 Å². The number of aromatic nitrogens is 3. The molecular weight excluding hydrogens is 400 g/mol. The van der Waals surface area contributed by atoms with Gasteiger partial charge in [0.25, 0.3) is 5.56 Å². The molecule has 1 saturated heterocycles. The van der Waals surface area contributed by atoms with E-state index in [9.17, 15) is 4.79 Å². The molecule has 1 aliphatic heterocycles. The fourth-order valence-corrected chi connectivity index (χ4v) is 5.02. The maximum Gasteiger partial charge on any atom is 0.275 e. The molecule has 7 nitrogen and oxygen atoms in total. The lowest BCUT2D eigenvalue weighted by atomic mass is 9.90. The Bertz CT molecular complexity index is 1050. The lowest BCUT2D eigenvalue weighted by Crippen LogP contribution is -2.33. The van der Waals surface area contributed by atoms with Crippen LogP contribution in [0.15, 0.2) is 29.1 Å². The van der Waals surface area contributed by atoms with Crippen LogP contribution in [0.5, 0.6) is 11.5 Å². The Morgan fingerprint density at radius 3 is 2.47 bits per heavy atom. The molecule has 0 N–H and O–H groups in total. The van der Waals surface area contributed by atoms with Gasteiger partial charge < -0.3 is 9.47 Å². The number of piperidine rings is 1. The lowest BCUT2D eigenvalue weighted by molar-refractivity contribution is 0.172. The second-order valence-corrected chi connectivity index (χ2v) is 8.95. The van der Waals surface area contributed by atoms with Gasteiger partial charge in [-0.15, -0.1) is 0 Å². The first-order valence-electron chi connectivity index (χ1n) is 10.3. The zero-order valence-electron chi connectivity index (χ0n) is 17.8. The molecule has 160 valence electrons. The molecule has 0 aliphatic carbocycles. The molecule has 3 aromatic rings. The van der Waals surface area contributed by atoms with Crippen LogP contribution >= 0.6 is 11.3 Å². The molecule has 4 rings (SSSR count). The van der Waals surface area contributed by atoms with Crippen molar-refractivity contribution in [2.24, 2.45) is 5.92 Å². The van der Waals surface area contributed by atoms with Crippen molar-refractivity contribution < 1.29 is 9.47 Å². The van der Waals surface area contributed by atoms with Gasteiger partial charge in [-0.3, -0.25) is 9.69 Å². The molecule has 1 fully saturated rings. The van der Waals surface area contributed by atoms with Gasteiger partial charge in [0, 0.05) is 17.8 Å². The summed E-state index contributed by atoms with van der Waals surface area (Å²) >= 11 is 1.51. The van der Waals surface area contributed by atoms with Crippen LogP contribution in [0.2, 0.25) is 0 Å². The molecule has 0 atom stereocenters. The smallest absolute Gasteiger partial charge is 0.275 e. The summed E-state index contributed by atoms with van der Waals surface area (Å²) in [5, 5.41) is 5.42. The fraction of sp³-hybridized carbons (Fsp3) is 0.500. The van der Waals surface area contributed by atoms with Crippen LogP contribution in [0.1, 0.15) is 35.5 Å². The molecule has 0 unspecified atom stereocenters. The minimum atomic E-state index is -0.104. The van der Waals surface area contributed by atoms with Crippen molar-refractivity contribution in [3.8, 4) is 11.5 Å². The molecule has 8 heteroatoms. The number of hydrogen-bond acceptors (Lipinski definition) is 7. The Balaban J connectivity index is 1.30. The summed E-state index contributed by atoms with van der Waals surface area (Å²) in [6.07, 6.45) is 4.57. The number of methoxy groups -OCH3 is 2. The number of nitrogens with zero attached hydrogens (tertiary/aromatic N) is 4. The van der Waals surface area contributed by atoms with E-state index in [1.165, 1.54) is 46.7 Å². The normalized spacial score (nSPS) is 15.6. The molecule has 30 heavy (non-hydrogen) atoms. The number of aryl methyl sites for hydroxylation is 2. The van der Waals surface area contributed by atoms with Gasteiger partial charge in [-0.1, -0.05) is 11.3 Å². The van der Waals surface area contributed by atoms with Crippen LogP contribution in [0.4, 0.5) is 0 Å². The van der Waals surface area contributed by atoms with E-state index in [0.29, 0.717) is 4.96 Å². The summed E-state index contributed by atoms with van der Waals surface area (Å²) in [4.78, 5) is 19.6. The van der Waals surface area contributed by atoms with Crippen LogP contribution in [0.25, 0.3) is 4.96 Å². The standard InChI is InChI=1S/C22H28N4O3S/c1-15-10-21(27)26-22(23-15)30-20(24-26)14-25-8-6-16(7-9-25)4-5-17-11-18(28-2)13-19(12-17)29-3/h10-13,16H,4-9,14H2,1-3H3. The molecule has 2 aromatic heterocycles. The monoisotopic (exact) mass is 428 g/mol. The highest BCUT2D eigenvalue weighted by atomic mass is 32.1. The summed E-state index contributed by atoms with van der Waals surface area (Å²) in [6, 6.07) is 7.64. The van der Waals surface area contributed by atoms with Crippen molar-refractivity contribution in [3.63, 3.8) is 0 Å². The van der Waals surface area contributed by atoms with Crippen molar-refractivity contribution in [1.82, 2.24) is 19.5 Å². The van der Waals surface area contributed by atoms with Gasteiger partial charge in [0.05, 0.1) is 20.8 Å². The van der Waals surface area contributed by atoms with Gasteiger partial charge in [0.15, 0.2) is 0 Å². The Morgan fingerprint density at radius 2 is 1.80 bits per heavy atom. The predicted octanol–water partition coefficient (Wildman–Crippen LogP) is 3.32. The van der Waals surface area contributed by atoms with E-state index in [1.807, 2.05) is 13.0 Å². The van der Waals surface area contributed by atoms with E-state index in [2.05, 4.69) is 27.1 Å². The second kappa shape index (κ2) is 9.14. The SMILES string of the molecule is COc1cc(CCC2CCN(Cc3nn4c(=O)cc(C)nc4s3)CC2)cc(OC)c1. The van der Waals surface area contributed by atoms with Crippen LogP contribution in [0.3, 0.4) is 0 Å². The zero-order valence-corrected chi connectivity index (χ0v) is 18.6. The maximum atomic E-state index is 12.1. The second-order valence-electron chi connectivity index (χ2n) is 7.91. The summed E-state index contributed by atoms with van der Waals surface area (Å²) in [6.45, 7) is 4.74. The molecule has 3 heterocycles. The number of fused-ring (bicyclic) bond motifs is 1. The predicted molar refractivity (Wildman–Crippen MR) is 118 cm³/mol. The number of rotatable bonds is 7. The Hall–Kier alpha value is -2.45. The van der Waals surface area contributed by atoms with E-state index in [-0.39, 0.29) is 5.56 Å². The van der Waals surface area contributed by atoms with Gasteiger partial charge in [-0.05, 0) is 69.3 Å². The van der Waals surface area contributed by atoms with Gasteiger partial charge in [-0.25, -0.2) is 4.98 Å². The molecule has 1 aromatic carbocycles. The highest BCUT2D eigenvalue weighted by Crippen LogP contribution is 2.27. The molecule has 0 radical (unpaired) electrons. The minimum Gasteiger partial charge on any atom is -0.497 e. The average molecular weight is 429 g/mol. The summed E-state index contributed by atoms with van der Waals surface area (Å²) in [5.41, 5.74) is 1.90. The number of hydrogen-bond donors (Lipinski definition) is 0. The molecule has 0 amide bonds. The van der Waals surface area contributed by atoms with Crippen molar-refractivity contribution in [1.29, 1.82) is 0 Å². The van der Waals surface area contributed by atoms with Crippen LogP contribution < -0.4 is 15.0 Å². The van der Waals surface area contributed by atoms with E-state index >= 15 is 0 Å². The molecule has 0 spiro atoms. The molecule has 0 bridgehead atoms. The maximum absolute atomic E-state index is 12.1. The average Bonchev–Trinajstić information content (AvgIpc) is 3.15. The van der Waals surface area contributed by atoms with Crippen LogP contribution in [-0.2, 0) is 13.0 Å². The Morgan fingerprint density at radius 1 is 1.10 bits per heavy atom. The van der Waals surface area contributed by atoms with Crippen molar-refractivity contribution >= 4 is 16.3 Å². The third-order valence-corrected chi connectivity index (χ3v) is 6.63. The van der Waals surface area contributed by atoms with E-state index in [1.54, 1.807) is 14.2 Å². The lowest BCUT2D eigenvalue weighted by Gasteiger charge is -2.31. The zero-order chi connectivity index (χ0) is 21.1. The van der Waals surface area contributed by atoms with Gasteiger partial charge in [-0.2, -0.15) is 9.61 Å². The van der Waals surface area contributed by atoms with Gasteiger partial charge >= 0.3 is 0 Å². The summed E-state index contributed by atoms with van der Waals surface area (Å²) < 4.78 is 12.2.